The van der Waals surface area contributed by atoms with Crippen LogP contribution in [-0.2, 0) is 0 Å². The van der Waals surface area contributed by atoms with Gasteiger partial charge in [-0.25, -0.2) is 0 Å². The molecule has 1 aliphatic rings. The molecule has 1 fully saturated rings. The van der Waals surface area contributed by atoms with Crippen molar-refractivity contribution in [3.8, 4) is 5.75 Å². The average Bonchev–Trinajstić information content (AvgIpc) is 3.29. The summed E-state index contributed by atoms with van der Waals surface area (Å²) in [4.78, 5) is 6.54. The highest BCUT2D eigenvalue weighted by atomic mass is 19.4. The second kappa shape index (κ2) is 7.08. The fraction of sp³-hybridized carbons (Fsp3) is 0.533. The summed E-state index contributed by atoms with van der Waals surface area (Å²) in [5.74, 6) is -0.0521. The van der Waals surface area contributed by atoms with Gasteiger partial charge in [0, 0.05) is 17.8 Å². The number of hydrogen-bond acceptors (Lipinski definition) is 3. The van der Waals surface area contributed by atoms with Crippen molar-refractivity contribution in [3.05, 3.63) is 24.3 Å². The van der Waals surface area contributed by atoms with Gasteiger partial charge in [0.2, 0.25) is 0 Å². The lowest BCUT2D eigenvalue weighted by Crippen LogP contribution is -2.34. The number of benzene rings is 1. The zero-order valence-electron chi connectivity index (χ0n) is 13.1. The molecule has 0 saturated heterocycles. The number of guanidine groups is 1. The van der Waals surface area contributed by atoms with Crippen LogP contribution in [0.3, 0.4) is 0 Å². The van der Waals surface area contributed by atoms with Crippen LogP contribution in [0.15, 0.2) is 29.3 Å². The zero-order valence-corrected chi connectivity index (χ0v) is 13.1. The summed E-state index contributed by atoms with van der Waals surface area (Å²) in [6.07, 6.45) is -2.24. The van der Waals surface area contributed by atoms with Gasteiger partial charge in [-0.05, 0) is 51.1 Å². The SMILES string of the molecule is CC(CN=C(N)Nc1ccc(OC(F)(F)F)cc1)N(C)C1CC1. The Labute approximate surface area is 133 Å². The zero-order chi connectivity index (χ0) is 17.0. The lowest BCUT2D eigenvalue weighted by molar-refractivity contribution is -0.274. The van der Waals surface area contributed by atoms with Gasteiger partial charge >= 0.3 is 6.36 Å². The number of anilines is 1. The molecule has 0 bridgehead atoms. The molecule has 128 valence electrons. The molecule has 0 amide bonds. The first-order valence-electron chi connectivity index (χ1n) is 7.39. The Morgan fingerprint density at radius 2 is 2.00 bits per heavy atom. The fourth-order valence-electron chi connectivity index (χ4n) is 2.13. The van der Waals surface area contributed by atoms with Crippen molar-refractivity contribution in [2.24, 2.45) is 10.7 Å². The van der Waals surface area contributed by atoms with Crippen LogP contribution in [0.1, 0.15) is 19.8 Å². The summed E-state index contributed by atoms with van der Waals surface area (Å²) < 4.78 is 40.0. The average molecular weight is 330 g/mol. The van der Waals surface area contributed by atoms with Crippen LogP contribution in [0.25, 0.3) is 0 Å². The number of nitrogens with zero attached hydrogens (tertiary/aromatic N) is 2. The van der Waals surface area contributed by atoms with E-state index in [-0.39, 0.29) is 17.8 Å². The normalized spacial score (nSPS) is 17.2. The Bertz CT molecular complexity index is 541. The number of likely N-dealkylation sites (N-methyl/N-ethyl adjacent to an activating group) is 1. The fourth-order valence-corrected chi connectivity index (χ4v) is 2.13. The van der Waals surface area contributed by atoms with Crippen LogP contribution in [0.4, 0.5) is 18.9 Å². The molecule has 0 aromatic heterocycles. The molecule has 1 aliphatic carbocycles. The van der Waals surface area contributed by atoms with Crippen molar-refractivity contribution < 1.29 is 17.9 Å². The first kappa shape index (κ1) is 17.4. The van der Waals surface area contributed by atoms with Crippen LogP contribution >= 0.6 is 0 Å². The predicted molar refractivity (Wildman–Crippen MR) is 83.5 cm³/mol. The van der Waals surface area contributed by atoms with Crippen molar-refractivity contribution in [1.82, 2.24) is 4.90 Å². The molecule has 1 atom stereocenters. The number of ether oxygens (including phenoxy) is 1. The third kappa shape index (κ3) is 5.97. The highest BCUT2D eigenvalue weighted by Crippen LogP contribution is 2.27. The molecule has 0 radical (unpaired) electrons. The number of nitrogens with one attached hydrogen (secondary N) is 1. The molecule has 0 aliphatic heterocycles. The van der Waals surface area contributed by atoms with Gasteiger partial charge in [0.15, 0.2) is 5.96 Å². The van der Waals surface area contributed by atoms with Crippen LogP contribution < -0.4 is 15.8 Å². The summed E-state index contributed by atoms with van der Waals surface area (Å²) in [5.41, 5.74) is 6.34. The predicted octanol–water partition coefficient (Wildman–Crippen LogP) is 2.79. The van der Waals surface area contributed by atoms with Gasteiger partial charge in [0.25, 0.3) is 0 Å². The van der Waals surface area contributed by atoms with E-state index in [1.807, 2.05) is 0 Å². The van der Waals surface area contributed by atoms with Crippen molar-refractivity contribution in [2.75, 3.05) is 18.9 Å². The standard InChI is InChI=1S/C15H21F3N4O/c1-10(22(2)12-5-6-12)9-20-14(19)21-11-3-7-13(8-4-11)23-15(16,17)18/h3-4,7-8,10,12H,5-6,9H2,1-2H3,(H3,19,20,21). The van der Waals surface area contributed by atoms with E-state index < -0.39 is 6.36 Å². The van der Waals surface area contributed by atoms with E-state index in [1.54, 1.807) is 0 Å². The Balaban J connectivity index is 1.84. The van der Waals surface area contributed by atoms with Gasteiger partial charge < -0.3 is 15.8 Å². The van der Waals surface area contributed by atoms with E-state index in [2.05, 4.69) is 33.9 Å². The molecule has 1 aromatic carbocycles. The molecule has 5 nitrogen and oxygen atoms in total. The molecule has 1 aromatic rings. The first-order chi connectivity index (χ1) is 10.7. The van der Waals surface area contributed by atoms with E-state index in [0.29, 0.717) is 18.3 Å². The van der Waals surface area contributed by atoms with Crippen molar-refractivity contribution in [3.63, 3.8) is 0 Å². The molecule has 0 heterocycles. The Morgan fingerprint density at radius 1 is 1.39 bits per heavy atom. The number of aliphatic imine (C=N–C) groups is 1. The highest BCUT2D eigenvalue weighted by molar-refractivity contribution is 5.92. The molecule has 3 N–H and O–H groups in total. The molecule has 1 unspecified atom stereocenters. The molecule has 0 spiro atoms. The van der Waals surface area contributed by atoms with E-state index in [4.69, 9.17) is 5.73 Å². The number of nitrogens with two attached hydrogens (primary N) is 1. The lowest BCUT2D eigenvalue weighted by Gasteiger charge is -2.22. The minimum Gasteiger partial charge on any atom is -0.406 e. The van der Waals surface area contributed by atoms with Gasteiger partial charge in [-0.3, -0.25) is 9.89 Å². The Kier molecular flexibility index (Phi) is 5.35. The maximum Gasteiger partial charge on any atom is 0.573 e. The van der Waals surface area contributed by atoms with Gasteiger partial charge in [0.1, 0.15) is 5.75 Å². The monoisotopic (exact) mass is 330 g/mol. The third-order valence-electron chi connectivity index (χ3n) is 3.70. The molecular formula is C15H21F3N4O. The van der Waals surface area contributed by atoms with Crippen LogP contribution in [0.2, 0.25) is 0 Å². The second-order valence-electron chi connectivity index (χ2n) is 5.67. The summed E-state index contributed by atoms with van der Waals surface area (Å²) in [7, 11) is 2.07. The van der Waals surface area contributed by atoms with Gasteiger partial charge in [-0.1, -0.05) is 0 Å². The van der Waals surface area contributed by atoms with E-state index in [9.17, 15) is 13.2 Å². The topological polar surface area (TPSA) is 62.9 Å². The Hall–Kier alpha value is -1.96. The minimum absolute atomic E-state index is 0.227. The summed E-state index contributed by atoms with van der Waals surface area (Å²) in [6.45, 7) is 2.64. The maximum atomic E-state index is 12.1. The molecule has 2 rings (SSSR count). The van der Waals surface area contributed by atoms with Crippen LogP contribution in [0.5, 0.6) is 5.75 Å². The number of hydrogen-bond donors (Lipinski definition) is 2. The van der Waals surface area contributed by atoms with Gasteiger partial charge in [-0.2, -0.15) is 0 Å². The molecule has 8 heteroatoms. The van der Waals surface area contributed by atoms with E-state index in [0.717, 1.165) is 0 Å². The van der Waals surface area contributed by atoms with E-state index >= 15 is 0 Å². The number of alkyl halides is 3. The number of halogens is 3. The second-order valence-corrected chi connectivity index (χ2v) is 5.67. The lowest BCUT2D eigenvalue weighted by atomic mass is 10.3. The summed E-state index contributed by atoms with van der Waals surface area (Å²) in [6, 6.07) is 6.26. The first-order valence-corrected chi connectivity index (χ1v) is 7.39. The third-order valence-corrected chi connectivity index (χ3v) is 3.70. The highest BCUT2D eigenvalue weighted by Gasteiger charge is 2.31. The van der Waals surface area contributed by atoms with Gasteiger partial charge in [0.05, 0.1) is 6.54 Å². The molecular weight excluding hydrogens is 309 g/mol. The smallest absolute Gasteiger partial charge is 0.406 e. The molecule has 23 heavy (non-hydrogen) atoms. The van der Waals surface area contributed by atoms with E-state index in [1.165, 1.54) is 37.1 Å². The van der Waals surface area contributed by atoms with Crippen molar-refractivity contribution in [2.45, 2.75) is 38.2 Å². The minimum atomic E-state index is -4.70. The Morgan fingerprint density at radius 3 is 2.52 bits per heavy atom. The van der Waals surface area contributed by atoms with Crippen molar-refractivity contribution >= 4 is 11.6 Å². The van der Waals surface area contributed by atoms with Crippen LogP contribution in [0, 0.1) is 0 Å². The summed E-state index contributed by atoms with van der Waals surface area (Å²) >= 11 is 0. The quantitative estimate of drug-likeness (QED) is 0.622. The number of rotatable bonds is 6. The summed E-state index contributed by atoms with van der Waals surface area (Å²) in [5, 5.41) is 2.84. The molecule has 1 saturated carbocycles. The largest absolute Gasteiger partial charge is 0.573 e. The van der Waals surface area contributed by atoms with Gasteiger partial charge in [-0.15, -0.1) is 13.2 Å². The van der Waals surface area contributed by atoms with Crippen LogP contribution in [-0.4, -0.2) is 42.9 Å². The van der Waals surface area contributed by atoms with Crippen molar-refractivity contribution in [1.29, 1.82) is 0 Å². The maximum absolute atomic E-state index is 12.1.